The molecule has 8 heteroatoms. The molecule has 0 aromatic heterocycles. The molecule has 0 aliphatic rings. The fourth-order valence-corrected chi connectivity index (χ4v) is 6.88. The van der Waals surface area contributed by atoms with Crippen molar-refractivity contribution in [2.75, 3.05) is 11.5 Å². The molecule has 0 N–H and O–H groups in total. The Morgan fingerprint density at radius 2 is 0.949 bits per heavy atom. The van der Waals surface area contributed by atoms with E-state index in [0.717, 1.165) is 22.6 Å². The van der Waals surface area contributed by atoms with E-state index in [2.05, 4.69) is 38.1 Å². The predicted octanol–water partition coefficient (Wildman–Crippen LogP) is 7.61. The van der Waals surface area contributed by atoms with Crippen LogP contribution in [0.2, 0.25) is 0 Å². The van der Waals surface area contributed by atoms with Crippen LogP contribution in [0, 0.1) is 0 Å². The van der Waals surface area contributed by atoms with Gasteiger partial charge >= 0.3 is 11.9 Å². The average molecular weight is 577 g/mol. The van der Waals surface area contributed by atoms with E-state index >= 15 is 0 Å². The van der Waals surface area contributed by atoms with Crippen molar-refractivity contribution in [3.8, 4) is 11.5 Å². The number of esters is 2. The molecule has 0 atom stereocenters. The molecule has 0 fully saturated rings. The number of carbonyl (C=O) groups is 2. The van der Waals surface area contributed by atoms with Crippen LogP contribution in [-0.4, -0.2) is 46.9 Å². The van der Waals surface area contributed by atoms with Crippen LogP contribution < -0.4 is 9.47 Å². The van der Waals surface area contributed by atoms with E-state index in [9.17, 15) is 9.59 Å². The highest BCUT2D eigenvalue weighted by molar-refractivity contribution is 8.17. The zero-order chi connectivity index (χ0) is 29.4. The lowest BCUT2D eigenvalue weighted by atomic mass is 10.0. The molecule has 0 spiro atoms. The molecular weight excluding hydrogens is 532 g/mol. The molecule has 0 heterocycles. The maximum Gasteiger partial charge on any atom is 0.350 e. The lowest BCUT2D eigenvalue weighted by Gasteiger charge is -2.34. The summed E-state index contributed by atoms with van der Waals surface area (Å²) in [7, 11) is 0. The van der Waals surface area contributed by atoms with Crippen LogP contribution in [0.1, 0.15) is 80.4 Å². The zero-order valence-electron chi connectivity index (χ0n) is 25.0. The highest BCUT2D eigenvalue weighted by Crippen LogP contribution is 2.52. The Labute approximate surface area is 242 Å². The number of rotatable bonds is 14. The summed E-state index contributed by atoms with van der Waals surface area (Å²) in [4.78, 5) is 24.9. The largest absolute Gasteiger partial charge is 0.476 e. The number of hydrogen-bond acceptors (Lipinski definition) is 8. The summed E-state index contributed by atoms with van der Waals surface area (Å²) in [5.41, 5.74) is 0.0192. The highest BCUT2D eigenvalue weighted by Gasteiger charge is 2.37. The van der Waals surface area contributed by atoms with Gasteiger partial charge in [0, 0.05) is 0 Å². The molecule has 39 heavy (non-hydrogen) atoms. The summed E-state index contributed by atoms with van der Waals surface area (Å²) in [6.07, 6.45) is -0.422. The molecule has 0 aliphatic heterocycles. The van der Waals surface area contributed by atoms with Crippen LogP contribution in [0.5, 0.6) is 11.5 Å². The minimum absolute atomic E-state index is 0.211. The van der Waals surface area contributed by atoms with Gasteiger partial charge in [-0.05, 0) is 102 Å². The number of ether oxygens (including phenoxy) is 4. The summed E-state index contributed by atoms with van der Waals surface area (Å²) in [6, 6.07) is 15.8. The predicted molar refractivity (Wildman–Crippen MR) is 162 cm³/mol. The van der Waals surface area contributed by atoms with Crippen molar-refractivity contribution in [1.29, 1.82) is 0 Å². The smallest absolute Gasteiger partial charge is 0.350 e. The molecular formula is C31H44O6S2. The Bertz CT molecular complexity index is 988. The van der Waals surface area contributed by atoms with Gasteiger partial charge in [-0.15, -0.1) is 23.5 Å². The zero-order valence-corrected chi connectivity index (χ0v) is 26.6. The maximum atomic E-state index is 12.5. The van der Waals surface area contributed by atoms with Crippen molar-refractivity contribution < 1.29 is 28.5 Å². The van der Waals surface area contributed by atoms with E-state index in [1.54, 1.807) is 27.7 Å². The highest BCUT2D eigenvalue weighted by atomic mass is 32.2. The van der Waals surface area contributed by atoms with Crippen LogP contribution in [0.4, 0.5) is 0 Å². The first-order chi connectivity index (χ1) is 18.2. The van der Waals surface area contributed by atoms with Gasteiger partial charge in [0.2, 0.25) is 0 Å². The molecule has 2 aromatic carbocycles. The SMILES string of the molecule is CCSC(SCC)(c1ccc(OC(C)(C)C(=O)OC(C)C)cc1)c1ccc(OC(C)(C)C(=O)OC(C)C)cc1. The van der Waals surface area contributed by atoms with Crippen molar-refractivity contribution in [2.45, 2.75) is 96.7 Å². The van der Waals surface area contributed by atoms with Gasteiger partial charge in [0.25, 0.3) is 0 Å². The minimum atomic E-state index is -1.11. The fraction of sp³-hybridized carbons (Fsp3) is 0.548. The van der Waals surface area contributed by atoms with Crippen molar-refractivity contribution in [3.05, 3.63) is 59.7 Å². The van der Waals surface area contributed by atoms with Crippen LogP contribution >= 0.6 is 23.5 Å². The van der Waals surface area contributed by atoms with Crippen molar-refractivity contribution in [1.82, 2.24) is 0 Å². The Kier molecular flexibility index (Phi) is 11.7. The molecule has 2 aromatic rings. The summed E-state index contributed by atoms with van der Waals surface area (Å²) in [6.45, 7) is 18.4. The van der Waals surface area contributed by atoms with Gasteiger partial charge in [-0.1, -0.05) is 38.1 Å². The molecule has 0 unspecified atom stereocenters. The van der Waals surface area contributed by atoms with E-state index in [0.29, 0.717) is 11.5 Å². The van der Waals surface area contributed by atoms with E-state index in [1.807, 2.05) is 75.5 Å². The van der Waals surface area contributed by atoms with Gasteiger partial charge in [0.15, 0.2) is 11.2 Å². The van der Waals surface area contributed by atoms with E-state index in [1.165, 1.54) is 0 Å². The Morgan fingerprint density at radius 3 is 1.21 bits per heavy atom. The van der Waals surface area contributed by atoms with E-state index in [-0.39, 0.29) is 16.3 Å². The van der Waals surface area contributed by atoms with Gasteiger partial charge in [0.05, 0.1) is 12.2 Å². The molecule has 216 valence electrons. The second-order valence-electron chi connectivity index (χ2n) is 10.7. The summed E-state index contributed by atoms with van der Waals surface area (Å²) in [5.74, 6) is 2.21. The molecule has 6 nitrogen and oxygen atoms in total. The normalized spacial score (nSPS) is 12.4. The average Bonchev–Trinajstić information content (AvgIpc) is 2.83. The standard InChI is InChI=1S/C31H44O6S2/c1-11-38-31(39-12-2,23-13-17-25(18-14-23)36-29(7,8)27(32)34-21(3)4)24-15-19-26(20-16-24)37-30(9,10)28(33)35-22(5)6/h13-22H,11-12H2,1-10H3. The number of benzene rings is 2. The Balaban J connectivity index is 2.35. The summed E-state index contributed by atoms with van der Waals surface area (Å²) in [5, 5.41) is 0. The van der Waals surface area contributed by atoms with E-state index in [4.69, 9.17) is 18.9 Å². The maximum absolute atomic E-state index is 12.5. The fourth-order valence-electron chi connectivity index (χ4n) is 3.82. The van der Waals surface area contributed by atoms with Gasteiger partial charge < -0.3 is 18.9 Å². The number of carbonyl (C=O) groups excluding carboxylic acids is 2. The van der Waals surface area contributed by atoms with Crippen LogP contribution in [0.25, 0.3) is 0 Å². The third-order valence-corrected chi connectivity index (χ3v) is 8.62. The number of thioether (sulfide) groups is 2. The summed E-state index contributed by atoms with van der Waals surface area (Å²) >= 11 is 3.70. The monoisotopic (exact) mass is 576 g/mol. The second-order valence-corrected chi connectivity index (χ2v) is 13.9. The van der Waals surface area contributed by atoms with Gasteiger partial charge in [-0.25, -0.2) is 9.59 Å². The topological polar surface area (TPSA) is 71.1 Å². The molecule has 0 saturated carbocycles. The van der Waals surface area contributed by atoms with Gasteiger partial charge in [-0.3, -0.25) is 0 Å². The molecule has 2 rings (SSSR count). The van der Waals surface area contributed by atoms with Gasteiger partial charge in [0.1, 0.15) is 15.6 Å². The lowest BCUT2D eigenvalue weighted by molar-refractivity contribution is -0.163. The molecule has 0 saturated heterocycles. The first kappa shape index (κ1) is 32.9. The first-order valence-electron chi connectivity index (χ1n) is 13.5. The van der Waals surface area contributed by atoms with Crippen molar-refractivity contribution >= 4 is 35.5 Å². The first-order valence-corrected chi connectivity index (χ1v) is 15.4. The second kappa shape index (κ2) is 13.8. The summed E-state index contributed by atoms with van der Waals surface area (Å²) < 4.78 is 22.4. The van der Waals surface area contributed by atoms with E-state index < -0.39 is 23.1 Å². The third-order valence-electron chi connectivity index (χ3n) is 5.58. The quantitative estimate of drug-likeness (QED) is 0.168. The molecule has 0 bridgehead atoms. The lowest BCUT2D eigenvalue weighted by Crippen LogP contribution is -2.40. The molecule has 0 aliphatic carbocycles. The Morgan fingerprint density at radius 1 is 0.641 bits per heavy atom. The third kappa shape index (κ3) is 8.84. The van der Waals surface area contributed by atoms with Crippen LogP contribution in [-0.2, 0) is 23.1 Å². The molecule has 0 radical (unpaired) electrons. The number of hydrogen-bond donors (Lipinski definition) is 0. The minimum Gasteiger partial charge on any atom is -0.476 e. The van der Waals surface area contributed by atoms with Crippen LogP contribution in [0.3, 0.4) is 0 Å². The van der Waals surface area contributed by atoms with Crippen molar-refractivity contribution in [2.24, 2.45) is 0 Å². The van der Waals surface area contributed by atoms with Gasteiger partial charge in [-0.2, -0.15) is 0 Å². The van der Waals surface area contributed by atoms with Crippen molar-refractivity contribution in [3.63, 3.8) is 0 Å². The van der Waals surface area contributed by atoms with Crippen LogP contribution in [0.15, 0.2) is 48.5 Å². The Hall–Kier alpha value is -2.32. The molecule has 0 amide bonds.